The minimum absolute atomic E-state index is 0.0351. The van der Waals surface area contributed by atoms with E-state index < -0.39 is 0 Å². The molecule has 0 radical (unpaired) electrons. The monoisotopic (exact) mass is 291 g/mol. The van der Waals surface area contributed by atoms with Crippen LogP contribution in [0.25, 0.3) is 0 Å². The highest BCUT2D eigenvalue weighted by molar-refractivity contribution is 5.58. The van der Waals surface area contributed by atoms with Crippen molar-refractivity contribution in [3.8, 4) is 5.75 Å². The van der Waals surface area contributed by atoms with Crippen LogP contribution < -0.4 is 15.4 Å². The Morgan fingerprint density at radius 2 is 1.71 bits per heavy atom. The molecular formula is C17H29N3O. The topological polar surface area (TPSA) is 41.7 Å². The Balaban J connectivity index is 1.94. The molecule has 1 aliphatic rings. The Morgan fingerprint density at radius 3 is 2.29 bits per heavy atom. The van der Waals surface area contributed by atoms with E-state index in [-0.39, 0.29) is 5.54 Å². The highest BCUT2D eigenvalue weighted by Gasteiger charge is 2.26. The fourth-order valence-electron chi connectivity index (χ4n) is 2.96. The van der Waals surface area contributed by atoms with Gasteiger partial charge in [-0.25, -0.2) is 0 Å². The number of benzene rings is 1. The third kappa shape index (κ3) is 3.89. The first-order valence-electron chi connectivity index (χ1n) is 8.01. The average Bonchev–Trinajstić information content (AvgIpc) is 2.55. The molecule has 4 heteroatoms. The van der Waals surface area contributed by atoms with Crippen LogP contribution in [0.3, 0.4) is 0 Å². The first-order chi connectivity index (χ1) is 10.1. The van der Waals surface area contributed by atoms with E-state index in [9.17, 15) is 0 Å². The number of nitrogens with zero attached hydrogens (tertiary/aromatic N) is 2. The molecule has 118 valence electrons. The zero-order valence-corrected chi connectivity index (χ0v) is 13.6. The lowest BCUT2D eigenvalue weighted by atomic mass is 9.93. The maximum absolute atomic E-state index is 6.44. The van der Waals surface area contributed by atoms with Crippen molar-refractivity contribution < 1.29 is 4.74 Å². The molecule has 0 amide bonds. The summed E-state index contributed by atoms with van der Waals surface area (Å²) in [4.78, 5) is 4.91. The Kier molecular flexibility index (Phi) is 5.48. The quantitative estimate of drug-likeness (QED) is 0.873. The third-order valence-corrected chi connectivity index (χ3v) is 4.74. The van der Waals surface area contributed by atoms with Crippen LogP contribution in [0.2, 0.25) is 0 Å². The summed E-state index contributed by atoms with van der Waals surface area (Å²) < 4.78 is 5.47. The second-order valence-corrected chi connectivity index (χ2v) is 6.00. The second kappa shape index (κ2) is 7.14. The molecule has 0 atom stereocenters. The zero-order chi connectivity index (χ0) is 15.3. The van der Waals surface area contributed by atoms with Crippen LogP contribution in [-0.2, 0) is 0 Å². The van der Waals surface area contributed by atoms with Gasteiger partial charge in [0.25, 0.3) is 0 Å². The predicted octanol–water partition coefficient (Wildman–Crippen LogP) is 2.33. The number of methoxy groups -OCH3 is 1. The molecule has 1 aromatic rings. The van der Waals surface area contributed by atoms with Crippen LogP contribution in [0.1, 0.15) is 26.7 Å². The Morgan fingerprint density at radius 1 is 1.10 bits per heavy atom. The largest absolute Gasteiger partial charge is 0.495 e. The van der Waals surface area contributed by atoms with Crippen molar-refractivity contribution >= 4 is 5.69 Å². The van der Waals surface area contributed by atoms with Gasteiger partial charge in [0, 0.05) is 38.3 Å². The van der Waals surface area contributed by atoms with Gasteiger partial charge in [0.2, 0.25) is 0 Å². The summed E-state index contributed by atoms with van der Waals surface area (Å²) in [5.41, 5.74) is 7.61. The van der Waals surface area contributed by atoms with Crippen LogP contribution in [0.5, 0.6) is 5.75 Å². The number of nitrogens with two attached hydrogens (primary N) is 1. The lowest BCUT2D eigenvalue weighted by molar-refractivity contribution is 0.189. The van der Waals surface area contributed by atoms with Gasteiger partial charge in [-0.3, -0.25) is 4.90 Å². The fourth-order valence-corrected chi connectivity index (χ4v) is 2.96. The predicted molar refractivity (Wildman–Crippen MR) is 89.1 cm³/mol. The van der Waals surface area contributed by atoms with E-state index in [1.165, 1.54) is 5.69 Å². The number of hydrogen-bond acceptors (Lipinski definition) is 4. The van der Waals surface area contributed by atoms with Crippen LogP contribution in [0.4, 0.5) is 5.69 Å². The zero-order valence-electron chi connectivity index (χ0n) is 13.6. The van der Waals surface area contributed by atoms with Gasteiger partial charge in [0.15, 0.2) is 0 Å². The van der Waals surface area contributed by atoms with E-state index in [2.05, 4.69) is 35.8 Å². The molecule has 1 aromatic carbocycles. The molecule has 4 nitrogen and oxygen atoms in total. The van der Waals surface area contributed by atoms with E-state index in [1.54, 1.807) is 7.11 Å². The number of hydrogen-bond donors (Lipinski definition) is 1. The standard InChI is InChI=1S/C17H29N3O/c1-4-17(18,5-2)14-19-10-12-20(13-11-19)15-8-6-7-9-16(15)21-3/h6-9H,4-5,10-14,18H2,1-3H3. The maximum Gasteiger partial charge on any atom is 0.142 e. The Bertz CT molecular complexity index is 437. The summed E-state index contributed by atoms with van der Waals surface area (Å²) in [6.45, 7) is 9.57. The van der Waals surface area contributed by atoms with E-state index in [0.717, 1.165) is 51.3 Å². The van der Waals surface area contributed by atoms with Crippen molar-refractivity contribution in [2.24, 2.45) is 5.73 Å². The summed E-state index contributed by atoms with van der Waals surface area (Å²) >= 11 is 0. The van der Waals surface area contributed by atoms with Crippen molar-refractivity contribution in [3.05, 3.63) is 24.3 Å². The maximum atomic E-state index is 6.44. The summed E-state index contributed by atoms with van der Waals surface area (Å²) in [6.07, 6.45) is 2.08. The molecule has 1 fully saturated rings. The highest BCUT2D eigenvalue weighted by atomic mass is 16.5. The number of ether oxygens (including phenoxy) is 1. The lowest BCUT2D eigenvalue weighted by Gasteiger charge is -2.40. The SMILES string of the molecule is CCC(N)(CC)CN1CCN(c2ccccc2OC)CC1. The van der Waals surface area contributed by atoms with E-state index in [0.29, 0.717) is 0 Å². The van der Waals surface area contributed by atoms with E-state index >= 15 is 0 Å². The molecule has 2 rings (SSSR count). The molecular weight excluding hydrogens is 262 g/mol. The molecule has 0 spiro atoms. The van der Waals surface area contributed by atoms with Crippen LogP contribution in [-0.4, -0.2) is 50.3 Å². The van der Waals surface area contributed by atoms with Crippen molar-refractivity contribution in [1.29, 1.82) is 0 Å². The van der Waals surface area contributed by atoms with Gasteiger partial charge in [0.05, 0.1) is 12.8 Å². The van der Waals surface area contributed by atoms with Gasteiger partial charge in [0.1, 0.15) is 5.75 Å². The van der Waals surface area contributed by atoms with Crippen LogP contribution >= 0.6 is 0 Å². The van der Waals surface area contributed by atoms with Crippen LogP contribution in [0, 0.1) is 0 Å². The van der Waals surface area contributed by atoms with E-state index in [4.69, 9.17) is 10.5 Å². The van der Waals surface area contributed by atoms with Crippen molar-refractivity contribution in [2.75, 3.05) is 44.7 Å². The minimum atomic E-state index is -0.0351. The molecule has 0 unspecified atom stereocenters. The minimum Gasteiger partial charge on any atom is -0.495 e. The summed E-state index contributed by atoms with van der Waals surface area (Å²) in [7, 11) is 1.74. The van der Waals surface area contributed by atoms with Gasteiger partial charge >= 0.3 is 0 Å². The Hall–Kier alpha value is -1.26. The van der Waals surface area contributed by atoms with Gasteiger partial charge in [-0.2, -0.15) is 0 Å². The molecule has 0 aliphatic carbocycles. The molecule has 0 saturated carbocycles. The van der Waals surface area contributed by atoms with Crippen molar-refractivity contribution in [1.82, 2.24) is 4.90 Å². The summed E-state index contributed by atoms with van der Waals surface area (Å²) in [6, 6.07) is 8.26. The number of anilines is 1. The Labute approximate surface area is 128 Å². The van der Waals surface area contributed by atoms with Crippen molar-refractivity contribution in [3.63, 3.8) is 0 Å². The third-order valence-electron chi connectivity index (χ3n) is 4.74. The molecule has 2 N–H and O–H groups in total. The molecule has 1 heterocycles. The number of rotatable bonds is 6. The number of para-hydroxylation sites is 2. The smallest absolute Gasteiger partial charge is 0.142 e. The van der Waals surface area contributed by atoms with Gasteiger partial charge in [-0.15, -0.1) is 0 Å². The summed E-state index contributed by atoms with van der Waals surface area (Å²) in [5, 5.41) is 0. The molecule has 0 bridgehead atoms. The normalized spacial score (nSPS) is 17.0. The molecule has 1 aliphatic heterocycles. The lowest BCUT2D eigenvalue weighted by Crippen LogP contribution is -2.55. The molecule has 0 aromatic heterocycles. The average molecular weight is 291 g/mol. The molecule has 1 saturated heterocycles. The van der Waals surface area contributed by atoms with E-state index in [1.807, 2.05) is 12.1 Å². The first-order valence-corrected chi connectivity index (χ1v) is 8.01. The number of piperazine rings is 1. The highest BCUT2D eigenvalue weighted by Crippen LogP contribution is 2.28. The van der Waals surface area contributed by atoms with Crippen molar-refractivity contribution in [2.45, 2.75) is 32.2 Å². The van der Waals surface area contributed by atoms with Gasteiger partial charge in [-0.05, 0) is 25.0 Å². The molecule has 21 heavy (non-hydrogen) atoms. The van der Waals surface area contributed by atoms with Gasteiger partial charge < -0.3 is 15.4 Å². The van der Waals surface area contributed by atoms with Gasteiger partial charge in [-0.1, -0.05) is 26.0 Å². The first kappa shape index (κ1) is 16.1. The second-order valence-electron chi connectivity index (χ2n) is 6.00. The fraction of sp³-hybridized carbons (Fsp3) is 0.647. The summed E-state index contributed by atoms with van der Waals surface area (Å²) in [5.74, 6) is 0.959. The van der Waals surface area contributed by atoms with Crippen LogP contribution in [0.15, 0.2) is 24.3 Å².